The van der Waals surface area contributed by atoms with Crippen molar-refractivity contribution in [3.8, 4) is 11.1 Å². The smallest absolute Gasteiger partial charge is 0.263 e. The highest BCUT2D eigenvalue weighted by atomic mass is 32.1. The van der Waals surface area contributed by atoms with Gasteiger partial charge in [-0.3, -0.25) is 19.1 Å². The summed E-state index contributed by atoms with van der Waals surface area (Å²) in [6.07, 6.45) is 1.51. The summed E-state index contributed by atoms with van der Waals surface area (Å²) in [5, 5.41) is 4.74. The molecule has 0 N–H and O–H groups in total. The van der Waals surface area contributed by atoms with Crippen LogP contribution in [0, 0.1) is 12.7 Å². The van der Waals surface area contributed by atoms with Gasteiger partial charge in [0, 0.05) is 23.2 Å². The van der Waals surface area contributed by atoms with Gasteiger partial charge in [-0.15, -0.1) is 22.7 Å². The highest BCUT2D eigenvalue weighted by molar-refractivity contribution is 7.17. The van der Waals surface area contributed by atoms with Crippen LogP contribution in [0.1, 0.15) is 18.2 Å². The lowest BCUT2D eigenvalue weighted by Gasteiger charge is -2.18. The zero-order chi connectivity index (χ0) is 23.8. The minimum Gasteiger partial charge on any atom is -0.293 e. The molecule has 0 aliphatic carbocycles. The van der Waals surface area contributed by atoms with Crippen LogP contribution in [0.15, 0.2) is 70.4 Å². The number of halogens is 1. The normalized spacial score (nSPS) is 11.1. The SMILES string of the molecule is CC(=O)N(c1cccc(C)c1)c1nc(Cn2cnc3scc(-c4ccc(F)cc4)c3c2=O)cs1. The molecule has 5 rings (SSSR count). The van der Waals surface area contributed by atoms with Gasteiger partial charge in [0.15, 0.2) is 5.13 Å². The van der Waals surface area contributed by atoms with E-state index in [9.17, 15) is 14.0 Å². The third kappa shape index (κ3) is 4.15. The average Bonchev–Trinajstić information content (AvgIpc) is 3.44. The van der Waals surface area contributed by atoms with Gasteiger partial charge in [0.25, 0.3) is 5.56 Å². The van der Waals surface area contributed by atoms with Gasteiger partial charge in [-0.1, -0.05) is 24.3 Å². The minimum atomic E-state index is -0.330. The summed E-state index contributed by atoms with van der Waals surface area (Å²) < 4.78 is 14.9. The Morgan fingerprint density at radius 1 is 1.12 bits per heavy atom. The Morgan fingerprint density at radius 3 is 2.65 bits per heavy atom. The number of fused-ring (bicyclic) bond motifs is 1. The summed E-state index contributed by atoms with van der Waals surface area (Å²) in [4.78, 5) is 37.0. The number of anilines is 2. The molecule has 5 aromatic rings. The van der Waals surface area contributed by atoms with Crippen molar-refractivity contribution in [2.45, 2.75) is 20.4 Å². The molecule has 0 atom stereocenters. The number of aromatic nitrogens is 3. The van der Waals surface area contributed by atoms with E-state index in [1.807, 2.05) is 41.9 Å². The van der Waals surface area contributed by atoms with E-state index >= 15 is 0 Å². The molecular weight excluding hydrogens is 471 g/mol. The fourth-order valence-corrected chi connectivity index (χ4v) is 5.55. The molecular formula is C25H19FN4O2S2. The zero-order valence-corrected chi connectivity index (χ0v) is 20.0. The van der Waals surface area contributed by atoms with Crippen LogP contribution in [0.2, 0.25) is 0 Å². The fraction of sp³-hybridized carbons (Fsp3) is 0.120. The molecule has 34 heavy (non-hydrogen) atoms. The van der Waals surface area contributed by atoms with Crippen molar-refractivity contribution in [3.05, 3.63) is 93.0 Å². The molecule has 0 saturated heterocycles. The first-order valence-corrected chi connectivity index (χ1v) is 12.2. The lowest BCUT2D eigenvalue weighted by molar-refractivity contribution is -0.115. The third-order valence-electron chi connectivity index (χ3n) is 5.35. The van der Waals surface area contributed by atoms with Crippen molar-refractivity contribution in [3.63, 3.8) is 0 Å². The Balaban J connectivity index is 1.49. The van der Waals surface area contributed by atoms with Crippen LogP contribution in [0.5, 0.6) is 0 Å². The summed E-state index contributed by atoms with van der Waals surface area (Å²) in [7, 11) is 0. The molecule has 0 radical (unpaired) electrons. The lowest BCUT2D eigenvalue weighted by Crippen LogP contribution is -2.23. The maximum absolute atomic E-state index is 13.4. The van der Waals surface area contributed by atoms with Crippen LogP contribution < -0.4 is 10.5 Å². The molecule has 1 amide bonds. The van der Waals surface area contributed by atoms with E-state index in [-0.39, 0.29) is 23.8 Å². The monoisotopic (exact) mass is 490 g/mol. The largest absolute Gasteiger partial charge is 0.293 e. The van der Waals surface area contributed by atoms with Gasteiger partial charge in [-0.05, 0) is 42.3 Å². The first-order valence-electron chi connectivity index (χ1n) is 10.4. The molecule has 0 saturated carbocycles. The molecule has 0 fully saturated rings. The molecule has 0 aliphatic rings. The number of thiophene rings is 1. The Labute approximate surface area is 202 Å². The maximum atomic E-state index is 13.4. The Bertz CT molecular complexity index is 1570. The van der Waals surface area contributed by atoms with E-state index in [0.29, 0.717) is 21.0 Å². The van der Waals surface area contributed by atoms with Gasteiger partial charge >= 0.3 is 0 Å². The number of amides is 1. The summed E-state index contributed by atoms with van der Waals surface area (Å²) in [6.45, 7) is 3.69. The number of rotatable bonds is 5. The Kier molecular flexibility index (Phi) is 5.80. The van der Waals surface area contributed by atoms with Crippen LogP contribution in [-0.4, -0.2) is 20.4 Å². The van der Waals surface area contributed by atoms with Crippen LogP contribution in [0.25, 0.3) is 21.3 Å². The molecule has 3 heterocycles. The second kappa shape index (κ2) is 8.92. The summed E-state index contributed by atoms with van der Waals surface area (Å²) in [5.41, 5.74) is 3.74. The zero-order valence-electron chi connectivity index (χ0n) is 18.4. The average molecular weight is 491 g/mol. The van der Waals surface area contributed by atoms with E-state index < -0.39 is 0 Å². The van der Waals surface area contributed by atoms with Gasteiger partial charge in [0.05, 0.1) is 29.6 Å². The van der Waals surface area contributed by atoms with Gasteiger partial charge in [0.1, 0.15) is 10.6 Å². The van der Waals surface area contributed by atoms with Gasteiger partial charge in [0.2, 0.25) is 5.91 Å². The molecule has 3 aromatic heterocycles. The van der Waals surface area contributed by atoms with Crippen molar-refractivity contribution in [1.29, 1.82) is 0 Å². The van der Waals surface area contributed by atoms with Crippen molar-refractivity contribution in [2.24, 2.45) is 0 Å². The number of hydrogen-bond donors (Lipinski definition) is 0. The highest BCUT2D eigenvalue weighted by Crippen LogP contribution is 2.32. The molecule has 0 spiro atoms. The highest BCUT2D eigenvalue weighted by Gasteiger charge is 2.19. The van der Waals surface area contributed by atoms with Crippen molar-refractivity contribution in [1.82, 2.24) is 14.5 Å². The number of nitrogens with zero attached hydrogens (tertiary/aromatic N) is 4. The van der Waals surface area contributed by atoms with E-state index in [1.165, 1.54) is 52.6 Å². The molecule has 9 heteroatoms. The number of benzene rings is 2. The Hall–Kier alpha value is -3.69. The molecule has 0 bridgehead atoms. The van der Waals surface area contributed by atoms with Crippen LogP contribution in [0.4, 0.5) is 15.2 Å². The lowest BCUT2D eigenvalue weighted by atomic mass is 10.1. The van der Waals surface area contributed by atoms with Crippen molar-refractivity contribution in [2.75, 3.05) is 4.90 Å². The first kappa shape index (κ1) is 22.1. The second-order valence-corrected chi connectivity index (χ2v) is 9.52. The van der Waals surface area contributed by atoms with E-state index in [0.717, 1.165) is 22.4 Å². The van der Waals surface area contributed by atoms with Crippen LogP contribution in [-0.2, 0) is 11.3 Å². The molecule has 170 valence electrons. The quantitative estimate of drug-likeness (QED) is 0.314. The second-order valence-electron chi connectivity index (χ2n) is 7.83. The van der Waals surface area contributed by atoms with Crippen molar-refractivity contribution < 1.29 is 9.18 Å². The summed E-state index contributed by atoms with van der Waals surface area (Å²) in [6, 6.07) is 13.7. The van der Waals surface area contributed by atoms with Gasteiger partial charge in [-0.25, -0.2) is 14.4 Å². The number of thiazole rings is 1. The van der Waals surface area contributed by atoms with Crippen LogP contribution in [0.3, 0.4) is 0 Å². The number of hydrogen-bond acceptors (Lipinski definition) is 6. The fourth-order valence-electron chi connectivity index (χ4n) is 3.76. The predicted molar refractivity (Wildman–Crippen MR) is 134 cm³/mol. The third-order valence-corrected chi connectivity index (χ3v) is 7.11. The predicted octanol–water partition coefficient (Wildman–Crippen LogP) is 5.76. The van der Waals surface area contributed by atoms with E-state index in [2.05, 4.69) is 9.97 Å². The molecule has 6 nitrogen and oxygen atoms in total. The summed E-state index contributed by atoms with van der Waals surface area (Å²) in [5.74, 6) is -0.475. The van der Waals surface area contributed by atoms with Crippen LogP contribution >= 0.6 is 22.7 Å². The van der Waals surface area contributed by atoms with Gasteiger partial charge in [-0.2, -0.15) is 0 Å². The maximum Gasteiger partial charge on any atom is 0.263 e. The number of aryl methyl sites for hydroxylation is 1. The van der Waals surface area contributed by atoms with Gasteiger partial charge < -0.3 is 0 Å². The molecule has 2 aromatic carbocycles. The van der Waals surface area contributed by atoms with E-state index in [4.69, 9.17) is 0 Å². The topological polar surface area (TPSA) is 68.1 Å². The number of carbonyl (C=O) groups is 1. The molecule has 0 aliphatic heterocycles. The first-order chi connectivity index (χ1) is 16.4. The van der Waals surface area contributed by atoms with Crippen molar-refractivity contribution >= 4 is 49.6 Å². The van der Waals surface area contributed by atoms with E-state index in [1.54, 1.807) is 17.0 Å². The Morgan fingerprint density at radius 2 is 1.91 bits per heavy atom. The summed E-state index contributed by atoms with van der Waals surface area (Å²) >= 11 is 2.72. The molecule has 0 unspecified atom stereocenters. The number of carbonyl (C=O) groups excluding carboxylic acids is 1. The standard InChI is InChI=1S/C25H19FN4O2S2/c1-15-4-3-5-20(10-15)30(16(2)31)25-28-19(12-34-25)11-29-14-27-23-22(24(29)32)21(13-33-23)17-6-8-18(26)9-7-17/h3-10,12-14H,11H2,1-2H3. The minimum absolute atomic E-state index is 0.144.